The monoisotopic (exact) mass is 590 g/mol. The second-order valence-corrected chi connectivity index (χ2v) is 11.8. The zero-order chi connectivity index (χ0) is 30.7. The Morgan fingerprint density at radius 1 is 0.413 bits per heavy atom. The predicted molar refractivity (Wildman–Crippen MR) is 194 cm³/mol. The van der Waals surface area contributed by atoms with Crippen molar-refractivity contribution in [1.82, 2.24) is 4.57 Å². The normalized spacial score (nSPS) is 12.9. The first-order valence-corrected chi connectivity index (χ1v) is 16.0. The number of anilines is 2. The summed E-state index contributed by atoms with van der Waals surface area (Å²) in [5.74, 6) is 0. The van der Waals surface area contributed by atoms with E-state index in [0.717, 1.165) is 12.8 Å². The Balaban J connectivity index is 1.05. The van der Waals surface area contributed by atoms with Crippen molar-refractivity contribution in [2.75, 3.05) is 4.90 Å². The fraction of sp³-hybridized carbons (Fsp3) is 0.0455. The highest BCUT2D eigenvalue weighted by Crippen LogP contribution is 2.37. The van der Waals surface area contributed by atoms with Crippen molar-refractivity contribution in [3.05, 3.63) is 193 Å². The summed E-state index contributed by atoms with van der Waals surface area (Å²) in [6.07, 6.45) is 8.72. The van der Waals surface area contributed by atoms with E-state index in [4.69, 9.17) is 0 Å². The Labute approximate surface area is 270 Å². The molecule has 1 aliphatic carbocycles. The number of allylic oxidation sites excluding steroid dienone is 4. The zero-order valence-electron chi connectivity index (χ0n) is 25.6. The van der Waals surface area contributed by atoms with Gasteiger partial charge in [0, 0.05) is 29.0 Å². The lowest BCUT2D eigenvalue weighted by atomic mass is 9.93. The lowest BCUT2D eigenvalue weighted by Gasteiger charge is -2.30. The van der Waals surface area contributed by atoms with Crippen LogP contribution in [-0.2, 0) is 0 Å². The van der Waals surface area contributed by atoms with Gasteiger partial charge >= 0.3 is 0 Å². The Morgan fingerprint density at radius 3 is 1.63 bits per heavy atom. The molecule has 0 saturated heterocycles. The third kappa shape index (κ3) is 5.46. The minimum absolute atomic E-state index is 0.971. The standard InChI is InChI=1S/C44H34N2/c1-3-9-33(10-4-1)34-15-17-35(18-16-34)37-21-27-42(28-22-37)46(41-12-5-2-6-13-41)43-29-23-38(24-30-43)36-19-25-40(26-20-36)45-32-31-39-11-7-8-14-44(39)45/h1-21,23-27,29-32H,22,28H2. The molecule has 0 saturated carbocycles. The maximum atomic E-state index is 2.40. The molecule has 1 aromatic heterocycles. The fourth-order valence-corrected chi connectivity index (χ4v) is 6.54. The summed E-state index contributed by atoms with van der Waals surface area (Å²) in [7, 11) is 0. The second kappa shape index (κ2) is 12.3. The van der Waals surface area contributed by atoms with Gasteiger partial charge in [-0.2, -0.15) is 0 Å². The summed E-state index contributed by atoms with van der Waals surface area (Å²) >= 11 is 0. The topological polar surface area (TPSA) is 8.17 Å². The van der Waals surface area contributed by atoms with Gasteiger partial charge in [-0.1, -0.05) is 121 Å². The smallest absolute Gasteiger partial charge is 0.0528 e. The van der Waals surface area contributed by atoms with E-state index in [9.17, 15) is 0 Å². The largest absolute Gasteiger partial charge is 0.317 e. The molecular weight excluding hydrogens is 556 g/mol. The van der Waals surface area contributed by atoms with Crippen LogP contribution < -0.4 is 4.90 Å². The molecule has 0 fully saturated rings. The van der Waals surface area contributed by atoms with Crippen LogP contribution in [-0.4, -0.2) is 4.57 Å². The molecule has 1 heterocycles. The number of nitrogens with zero attached hydrogens (tertiary/aromatic N) is 2. The molecule has 0 radical (unpaired) electrons. The number of hydrogen-bond acceptors (Lipinski definition) is 1. The molecule has 2 nitrogen and oxygen atoms in total. The first-order chi connectivity index (χ1) is 22.8. The molecule has 0 aliphatic heterocycles. The molecule has 0 spiro atoms. The Kier molecular flexibility index (Phi) is 7.38. The van der Waals surface area contributed by atoms with Gasteiger partial charge in [-0.3, -0.25) is 0 Å². The zero-order valence-corrected chi connectivity index (χ0v) is 25.6. The average molecular weight is 591 g/mol. The SMILES string of the molecule is C1=C(c2ccc(-c3ccccc3)cc2)CCC(N(c2ccccc2)c2ccc(-c3ccc(-n4ccc5ccccc54)cc3)cc2)=C1. The van der Waals surface area contributed by atoms with Crippen molar-refractivity contribution in [3.63, 3.8) is 0 Å². The van der Waals surface area contributed by atoms with Crippen LogP contribution in [0.3, 0.4) is 0 Å². The van der Waals surface area contributed by atoms with Gasteiger partial charge < -0.3 is 9.47 Å². The minimum atomic E-state index is 0.971. The highest BCUT2D eigenvalue weighted by molar-refractivity contribution is 5.82. The maximum Gasteiger partial charge on any atom is 0.0528 e. The summed E-state index contributed by atoms with van der Waals surface area (Å²) < 4.78 is 2.25. The summed E-state index contributed by atoms with van der Waals surface area (Å²) in [4.78, 5) is 2.40. The van der Waals surface area contributed by atoms with Gasteiger partial charge in [-0.05, 0) is 106 Å². The van der Waals surface area contributed by atoms with Crippen molar-refractivity contribution in [3.8, 4) is 27.9 Å². The van der Waals surface area contributed by atoms with Crippen LogP contribution >= 0.6 is 0 Å². The van der Waals surface area contributed by atoms with Crippen molar-refractivity contribution in [1.29, 1.82) is 0 Å². The summed E-state index contributed by atoms with van der Waals surface area (Å²) in [5, 5.41) is 1.25. The first-order valence-electron chi connectivity index (χ1n) is 16.0. The van der Waals surface area contributed by atoms with E-state index in [0.29, 0.717) is 0 Å². The van der Waals surface area contributed by atoms with Gasteiger partial charge in [-0.15, -0.1) is 0 Å². The average Bonchev–Trinajstić information content (AvgIpc) is 3.58. The van der Waals surface area contributed by atoms with Crippen LogP contribution in [0.25, 0.3) is 44.4 Å². The highest BCUT2D eigenvalue weighted by atomic mass is 15.1. The van der Waals surface area contributed by atoms with Crippen molar-refractivity contribution in [2.45, 2.75) is 12.8 Å². The molecule has 46 heavy (non-hydrogen) atoms. The lowest BCUT2D eigenvalue weighted by Crippen LogP contribution is -2.17. The molecule has 8 rings (SSSR count). The molecule has 220 valence electrons. The van der Waals surface area contributed by atoms with Gasteiger partial charge in [-0.25, -0.2) is 0 Å². The number of fused-ring (bicyclic) bond motifs is 1. The van der Waals surface area contributed by atoms with Crippen molar-refractivity contribution in [2.24, 2.45) is 0 Å². The van der Waals surface area contributed by atoms with Gasteiger partial charge in [0.2, 0.25) is 0 Å². The number of para-hydroxylation sites is 2. The third-order valence-electron chi connectivity index (χ3n) is 9.00. The Morgan fingerprint density at radius 2 is 0.957 bits per heavy atom. The van der Waals surface area contributed by atoms with Crippen LogP contribution in [0.4, 0.5) is 11.4 Å². The van der Waals surface area contributed by atoms with E-state index in [1.54, 1.807) is 0 Å². The van der Waals surface area contributed by atoms with E-state index in [1.807, 2.05) is 0 Å². The number of rotatable bonds is 7. The van der Waals surface area contributed by atoms with E-state index in [-0.39, 0.29) is 0 Å². The molecule has 7 aromatic rings. The van der Waals surface area contributed by atoms with E-state index < -0.39 is 0 Å². The summed E-state index contributed by atoms with van der Waals surface area (Å²) in [6, 6.07) is 58.8. The molecule has 2 heteroatoms. The van der Waals surface area contributed by atoms with Gasteiger partial charge in [0.15, 0.2) is 0 Å². The quantitative estimate of drug-likeness (QED) is 0.179. The van der Waals surface area contributed by atoms with Crippen LogP contribution in [0.2, 0.25) is 0 Å². The van der Waals surface area contributed by atoms with Gasteiger partial charge in [0.05, 0.1) is 5.52 Å². The highest BCUT2D eigenvalue weighted by Gasteiger charge is 2.18. The predicted octanol–water partition coefficient (Wildman–Crippen LogP) is 11.9. The van der Waals surface area contributed by atoms with Gasteiger partial charge in [0.1, 0.15) is 0 Å². The minimum Gasteiger partial charge on any atom is -0.317 e. The second-order valence-electron chi connectivity index (χ2n) is 11.8. The molecule has 0 atom stereocenters. The molecule has 0 N–H and O–H groups in total. The summed E-state index contributed by atoms with van der Waals surface area (Å²) in [6.45, 7) is 0. The molecule has 1 aliphatic rings. The number of benzene rings is 6. The van der Waals surface area contributed by atoms with Gasteiger partial charge in [0.25, 0.3) is 0 Å². The van der Waals surface area contributed by atoms with Crippen LogP contribution in [0, 0.1) is 0 Å². The maximum absolute atomic E-state index is 2.40. The van der Waals surface area contributed by atoms with E-state index >= 15 is 0 Å². The Bertz CT molecular complexity index is 2150. The summed E-state index contributed by atoms with van der Waals surface area (Å²) in [5.41, 5.74) is 13.6. The lowest BCUT2D eigenvalue weighted by molar-refractivity contribution is 0.930. The first kappa shape index (κ1) is 27.7. The Hall–Kier alpha value is -5.86. The van der Waals surface area contributed by atoms with E-state index in [1.165, 1.54) is 67.1 Å². The molecule has 0 amide bonds. The van der Waals surface area contributed by atoms with Crippen LogP contribution in [0.5, 0.6) is 0 Å². The number of aromatic nitrogens is 1. The van der Waals surface area contributed by atoms with Crippen molar-refractivity contribution < 1.29 is 0 Å². The molecular formula is C44H34N2. The van der Waals surface area contributed by atoms with E-state index in [2.05, 4.69) is 192 Å². The third-order valence-corrected chi connectivity index (χ3v) is 9.00. The molecule has 0 bridgehead atoms. The van der Waals surface area contributed by atoms with Crippen molar-refractivity contribution >= 4 is 27.9 Å². The van der Waals surface area contributed by atoms with Crippen LogP contribution in [0.15, 0.2) is 188 Å². The number of hydrogen-bond donors (Lipinski definition) is 0. The fourth-order valence-electron chi connectivity index (χ4n) is 6.54. The molecule has 0 unspecified atom stereocenters. The van der Waals surface area contributed by atoms with Crippen LogP contribution in [0.1, 0.15) is 18.4 Å². The molecule has 6 aromatic carbocycles.